The standard InChI is InChI=1S/C4H8N2O3.2C3H6/c5-1-3(7)9-4(8)2-6;2*1-3-2/h1-2,5-6H2;2*3H,1H2,2H3. The highest BCUT2D eigenvalue weighted by atomic mass is 16.6. The number of carbonyl (C=O) groups is 2. The Kier molecular flexibility index (Phi) is 23.4. The summed E-state index contributed by atoms with van der Waals surface area (Å²) in [5, 5.41) is 0. The van der Waals surface area contributed by atoms with Crippen molar-refractivity contribution in [2.75, 3.05) is 13.1 Å². The molecule has 0 aliphatic carbocycles. The lowest BCUT2D eigenvalue weighted by molar-refractivity contribution is -0.157. The summed E-state index contributed by atoms with van der Waals surface area (Å²) in [5.74, 6) is -1.52. The molecule has 0 bridgehead atoms. The number of allylic oxidation sites excluding steroid dienone is 2. The molecule has 0 spiro atoms. The van der Waals surface area contributed by atoms with E-state index in [4.69, 9.17) is 11.5 Å². The lowest BCUT2D eigenvalue weighted by atomic mass is 10.6. The number of hydrogen-bond donors (Lipinski definition) is 2. The quantitative estimate of drug-likeness (QED) is 0.394. The maximum atomic E-state index is 10.2. The molecular weight excluding hydrogens is 196 g/mol. The monoisotopic (exact) mass is 216 g/mol. The van der Waals surface area contributed by atoms with Gasteiger partial charge in [-0.1, -0.05) is 12.2 Å². The van der Waals surface area contributed by atoms with Crippen molar-refractivity contribution in [3.05, 3.63) is 25.3 Å². The normalized spacial score (nSPS) is 6.93. The predicted molar refractivity (Wildman–Crippen MR) is 60.9 cm³/mol. The van der Waals surface area contributed by atoms with Gasteiger partial charge < -0.3 is 16.2 Å². The number of hydrogen-bond acceptors (Lipinski definition) is 5. The van der Waals surface area contributed by atoms with Gasteiger partial charge in [0.1, 0.15) is 0 Å². The van der Waals surface area contributed by atoms with Crippen molar-refractivity contribution >= 4 is 11.9 Å². The molecule has 5 nitrogen and oxygen atoms in total. The highest BCUT2D eigenvalue weighted by Gasteiger charge is 2.04. The van der Waals surface area contributed by atoms with E-state index in [0.29, 0.717) is 0 Å². The maximum absolute atomic E-state index is 10.2. The fourth-order valence-electron chi connectivity index (χ4n) is 0.210. The zero-order chi connectivity index (χ0) is 12.7. The molecule has 0 unspecified atom stereocenters. The van der Waals surface area contributed by atoms with Crippen LogP contribution >= 0.6 is 0 Å². The lowest BCUT2D eigenvalue weighted by Crippen LogP contribution is -2.25. The first-order chi connectivity index (χ1) is 7.03. The van der Waals surface area contributed by atoms with Crippen molar-refractivity contribution in [2.45, 2.75) is 13.8 Å². The third-order valence-corrected chi connectivity index (χ3v) is 0.561. The molecule has 88 valence electrons. The van der Waals surface area contributed by atoms with Gasteiger partial charge in [-0.25, -0.2) is 0 Å². The minimum absolute atomic E-state index is 0.300. The first kappa shape index (κ1) is 19.2. The molecule has 0 aliphatic rings. The number of ether oxygens (including phenoxy) is 1. The van der Waals surface area contributed by atoms with Crippen molar-refractivity contribution in [1.29, 1.82) is 0 Å². The Morgan fingerprint density at radius 3 is 1.40 bits per heavy atom. The van der Waals surface area contributed by atoms with E-state index in [-0.39, 0.29) is 13.1 Å². The second-order valence-corrected chi connectivity index (χ2v) is 2.07. The zero-order valence-electron chi connectivity index (χ0n) is 9.36. The molecule has 0 aliphatic heterocycles. The van der Waals surface area contributed by atoms with Crippen molar-refractivity contribution < 1.29 is 14.3 Å². The second-order valence-electron chi connectivity index (χ2n) is 2.07. The predicted octanol–water partition coefficient (Wildman–Crippen LogP) is 0.358. The molecule has 0 aromatic heterocycles. The third-order valence-electron chi connectivity index (χ3n) is 0.561. The van der Waals surface area contributed by atoms with Crippen molar-refractivity contribution in [3.63, 3.8) is 0 Å². The van der Waals surface area contributed by atoms with Gasteiger partial charge in [0.05, 0.1) is 13.1 Å². The van der Waals surface area contributed by atoms with Crippen LogP contribution in [0.15, 0.2) is 25.3 Å². The summed E-state index contributed by atoms with van der Waals surface area (Å²) in [6, 6.07) is 0. The van der Waals surface area contributed by atoms with Gasteiger partial charge in [0.25, 0.3) is 0 Å². The molecule has 0 radical (unpaired) electrons. The largest absolute Gasteiger partial charge is 0.391 e. The molecule has 0 fully saturated rings. The summed E-state index contributed by atoms with van der Waals surface area (Å²) in [6.45, 7) is 9.90. The summed E-state index contributed by atoms with van der Waals surface area (Å²) in [7, 11) is 0. The molecule has 0 saturated heterocycles. The molecule has 0 rings (SSSR count). The third kappa shape index (κ3) is 32.6. The summed E-state index contributed by atoms with van der Waals surface area (Å²) in [6.07, 6.45) is 3.50. The van der Waals surface area contributed by atoms with Crippen LogP contribution in [0, 0.1) is 0 Å². The minimum Gasteiger partial charge on any atom is -0.391 e. The molecule has 5 heteroatoms. The SMILES string of the molecule is C=CC.C=CC.NCC(=O)OC(=O)CN. The van der Waals surface area contributed by atoms with Crippen LogP contribution in [-0.4, -0.2) is 25.0 Å². The summed E-state index contributed by atoms with van der Waals surface area (Å²) >= 11 is 0. The van der Waals surface area contributed by atoms with Crippen molar-refractivity contribution in [2.24, 2.45) is 11.5 Å². The van der Waals surface area contributed by atoms with Crippen LogP contribution in [0.3, 0.4) is 0 Å². The van der Waals surface area contributed by atoms with E-state index in [1.54, 1.807) is 12.2 Å². The van der Waals surface area contributed by atoms with E-state index >= 15 is 0 Å². The number of nitrogens with two attached hydrogens (primary N) is 2. The first-order valence-electron chi connectivity index (χ1n) is 4.31. The Hall–Kier alpha value is -1.46. The van der Waals surface area contributed by atoms with Crippen LogP contribution in [0.2, 0.25) is 0 Å². The summed E-state index contributed by atoms with van der Waals surface area (Å²) < 4.78 is 4.02. The van der Waals surface area contributed by atoms with Crippen LogP contribution < -0.4 is 11.5 Å². The van der Waals surface area contributed by atoms with Crippen LogP contribution in [0.4, 0.5) is 0 Å². The van der Waals surface area contributed by atoms with Crippen LogP contribution in [-0.2, 0) is 14.3 Å². The molecule has 4 N–H and O–H groups in total. The van der Waals surface area contributed by atoms with Crippen LogP contribution in [0.5, 0.6) is 0 Å². The molecule has 0 aromatic carbocycles. The van der Waals surface area contributed by atoms with Gasteiger partial charge in [0.15, 0.2) is 0 Å². The second kappa shape index (κ2) is 18.3. The molecule has 0 heterocycles. The van der Waals surface area contributed by atoms with Gasteiger partial charge in [-0.15, -0.1) is 13.2 Å². The van der Waals surface area contributed by atoms with Gasteiger partial charge in [0.2, 0.25) is 0 Å². The Labute approximate surface area is 90.8 Å². The lowest BCUT2D eigenvalue weighted by Gasteiger charge is -1.95. The Bertz CT molecular complexity index is 171. The Morgan fingerprint density at radius 2 is 1.27 bits per heavy atom. The molecule has 0 amide bonds. The average Bonchev–Trinajstić information content (AvgIpc) is 2.20. The molecule has 0 saturated carbocycles. The van der Waals surface area contributed by atoms with E-state index < -0.39 is 11.9 Å². The van der Waals surface area contributed by atoms with Crippen LogP contribution in [0.1, 0.15) is 13.8 Å². The van der Waals surface area contributed by atoms with Gasteiger partial charge >= 0.3 is 11.9 Å². The zero-order valence-corrected chi connectivity index (χ0v) is 9.36. The van der Waals surface area contributed by atoms with E-state index in [0.717, 1.165) is 0 Å². The summed E-state index contributed by atoms with van der Waals surface area (Å²) in [5.41, 5.74) is 9.61. The van der Waals surface area contributed by atoms with E-state index in [9.17, 15) is 9.59 Å². The van der Waals surface area contributed by atoms with Crippen LogP contribution in [0.25, 0.3) is 0 Å². The highest BCUT2D eigenvalue weighted by molar-refractivity contribution is 5.87. The molecule has 0 aromatic rings. The fourth-order valence-corrected chi connectivity index (χ4v) is 0.210. The molecule has 0 atom stereocenters. The number of rotatable bonds is 2. The molecule has 15 heavy (non-hydrogen) atoms. The number of carbonyl (C=O) groups excluding carboxylic acids is 2. The van der Waals surface area contributed by atoms with Gasteiger partial charge in [-0.05, 0) is 13.8 Å². The average molecular weight is 216 g/mol. The van der Waals surface area contributed by atoms with Gasteiger partial charge in [-0.3, -0.25) is 9.59 Å². The topological polar surface area (TPSA) is 95.4 Å². The van der Waals surface area contributed by atoms with E-state index in [1.165, 1.54) is 0 Å². The maximum Gasteiger partial charge on any atom is 0.327 e. The Balaban J connectivity index is -0.000000200. The number of esters is 2. The minimum atomic E-state index is -0.759. The smallest absolute Gasteiger partial charge is 0.327 e. The Morgan fingerprint density at radius 1 is 1.07 bits per heavy atom. The van der Waals surface area contributed by atoms with Gasteiger partial charge in [0, 0.05) is 0 Å². The van der Waals surface area contributed by atoms with Crippen molar-refractivity contribution in [3.8, 4) is 0 Å². The highest BCUT2D eigenvalue weighted by Crippen LogP contribution is 1.74. The summed E-state index contributed by atoms with van der Waals surface area (Å²) in [4.78, 5) is 20.3. The van der Waals surface area contributed by atoms with E-state index in [1.807, 2.05) is 13.8 Å². The van der Waals surface area contributed by atoms with Gasteiger partial charge in [-0.2, -0.15) is 0 Å². The molecular formula is C10H20N2O3. The first-order valence-corrected chi connectivity index (χ1v) is 4.31. The van der Waals surface area contributed by atoms with Crippen molar-refractivity contribution in [1.82, 2.24) is 0 Å². The fraction of sp³-hybridized carbons (Fsp3) is 0.400. The van der Waals surface area contributed by atoms with E-state index in [2.05, 4.69) is 17.9 Å².